The fourth-order valence-electron chi connectivity index (χ4n) is 1.28. The molecule has 1 heterocycles. The van der Waals surface area contributed by atoms with Crippen molar-refractivity contribution in [1.82, 2.24) is 4.90 Å². The van der Waals surface area contributed by atoms with Gasteiger partial charge in [0, 0.05) is 20.2 Å². The number of methoxy groups -OCH3 is 1. The van der Waals surface area contributed by atoms with E-state index in [2.05, 4.69) is 4.74 Å². The highest BCUT2D eigenvalue weighted by Crippen LogP contribution is 2.16. The molecule has 1 aliphatic heterocycles. The predicted molar refractivity (Wildman–Crippen MR) is 64.2 cm³/mol. The highest BCUT2D eigenvalue weighted by molar-refractivity contribution is 5.91. The van der Waals surface area contributed by atoms with Crippen LogP contribution in [-0.4, -0.2) is 43.3 Å². The van der Waals surface area contributed by atoms with E-state index < -0.39 is 0 Å². The molecule has 5 nitrogen and oxygen atoms in total. The number of amides is 1. The Labute approximate surface area is 102 Å². The third-order valence-electron chi connectivity index (χ3n) is 2.06. The van der Waals surface area contributed by atoms with Crippen molar-refractivity contribution in [2.45, 2.75) is 39.5 Å². The quantitative estimate of drug-likeness (QED) is 0.687. The third kappa shape index (κ3) is 5.49. The molecule has 0 aromatic heterocycles. The number of nitrogens with zero attached hydrogens (tertiary/aromatic N) is 1. The van der Waals surface area contributed by atoms with Crippen molar-refractivity contribution in [3.8, 4) is 0 Å². The molecule has 0 saturated heterocycles. The smallest absolute Gasteiger partial charge is 0.293 e. The SMILES string of the molecule is CC(C)(C)OC=O.COC1C(C)=CC(=O)N1C. The van der Waals surface area contributed by atoms with Gasteiger partial charge in [-0.2, -0.15) is 0 Å². The Bertz CT molecular complexity index is 304. The second-order valence-corrected chi connectivity index (χ2v) is 4.75. The summed E-state index contributed by atoms with van der Waals surface area (Å²) in [5.74, 6) is 0.0179. The fourth-order valence-corrected chi connectivity index (χ4v) is 1.28. The van der Waals surface area contributed by atoms with Crippen molar-refractivity contribution < 1.29 is 19.1 Å². The van der Waals surface area contributed by atoms with Gasteiger partial charge >= 0.3 is 0 Å². The van der Waals surface area contributed by atoms with E-state index in [4.69, 9.17) is 4.74 Å². The maximum absolute atomic E-state index is 10.9. The highest BCUT2D eigenvalue weighted by Gasteiger charge is 2.26. The van der Waals surface area contributed by atoms with E-state index in [1.165, 1.54) is 0 Å². The molecule has 1 rings (SSSR count). The summed E-state index contributed by atoms with van der Waals surface area (Å²) >= 11 is 0. The molecule has 0 aromatic carbocycles. The zero-order valence-corrected chi connectivity index (χ0v) is 11.3. The molecule has 0 aliphatic carbocycles. The van der Waals surface area contributed by atoms with Gasteiger partial charge in [0.15, 0.2) is 6.23 Å². The van der Waals surface area contributed by atoms with E-state index in [0.29, 0.717) is 6.47 Å². The number of likely N-dealkylation sites (N-methyl/N-ethyl adjacent to an activating group) is 1. The van der Waals surface area contributed by atoms with Gasteiger partial charge in [0.25, 0.3) is 6.47 Å². The van der Waals surface area contributed by atoms with Crippen molar-refractivity contribution in [1.29, 1.82) is 0 Å². The summed E-state index contributed by atoms with van der Waals surface area (Å²) in [7, 11) is 3.32. The van der Waals surface area contributed by atoms with Gasteiger partial charge in [-0.15, -0.1) is 0 Å². The molecule has 0 bridgehead atoms. The molecular weight excluding hydrogens is 222 g/mol. The molecular formula is C12H21NO4. The summed E-state index contributed by atoms with van der Waals surface area (Å²) in [5.41, 5.74) is 0.650. The van der Waals surface area contributed by atoms with Crippen molar-refractivity contribution in [2.24, 2.45) is 0 Å². The van der Waals surface area contributed by atoms with Gasteiger partial charge in [0.1, 0.15) is 5.60 Å². The van der Waals surface area contributed by atoms with Crippen LogP contribution in [0.25, 0.3) is 0 Å². The van der Waals surface area contributed by atoms with Gasteiger partial charge in [0.05, 0.1) is 0 Å². The first-order valence-corrected chi connectivity index (χ1v) is 5.32. The van der Waals surface area contributed by atoms with E-state index in [-0.39, 0.29) is 17.7 Å². The van der Waals surface area contributed by atoms with Crippen LogP contribution in [0.2, 0.25) is 0 Å². The summed E-state index contributed by atoms with van der Waals surface area (Å²) in [4.78, 5) is 22.1. The van der Waals surface area contributed by atoms with Crippen molar-refractivity contribution >= 4 is 12.4 Å². The van der Waals surface area contributed by atoms with Crippen molar-refractivity contribution in [3.05, 3.63) is 11.6 Å². The van der Waals surface area contributed by atoms with Crippen LogP contribution in [0, 0.1) is 0 Å². The molecule has 0 saturated carbocycles. The minimum Gasteiger partial charge on any atom is -0.462 e. The lowest BCUT2D eigenvalue weighted by molar-refractivity contribution is -0.138. The number of carbonyl (C=O) groups is 2. The summed E-state index contributed by atoms with van der Waals surface area (Å²) in [6.07, 6.45) is 1.45. The maximum Gasteiger partial charge on any atom is 0.293 e. The Balaban J connectivity index is 0.000000325. The average Bonchev–Trinajstić information content (AvgIpc) is 2.40. The molecule has 17 heavy (non-hydrogen) atoms. The first-order valence-electron chi connectivity index (χ1n) is 5.32. The van der Waals surface area contributed by atoms with Gasteiger partial charge < -0.3 is 14.4 Å². The molecule has 0 spiro atoms. The van der Waals surface area contributed by atoms with Gasteiger partial charge in [0.2, 0.25) is 5.91 Å². The minimum atomic E-state index is -0.318. The molecule has 1 amide bonds. The molecule has 1 atom stereocenters. The molecule has 1 unspecified atom stereocenters. The lowest BCUT2D eigenvalue weighted by Crippen LogP contribution is -2.32. The first kappa shape index (κ1) is 15.6. The van der Waals surface area contributed by atoms with E-state index in [0.717, 1.165) is 5.57 Å². The summed E-state index contributed by atoms with van der Waals surface area (Å²) < 4.78 is 9.59. The Morgan fingerprint density at radius 1 is 1.41 bits per heavy atom. The molecule has 1 aliphatic rings. The van der Waals surface area contributed by atoms with E-state index in [1.54, 1.807) is 25.1 Å². The van der Waals surface area contributed by atoms with E-state index in [1.807, 2.05) is 27.7 Å². The van der Waals surface area contributed by atoms with E-state index in [9.17, 15) is 9.59 Å². The third-order valence-corrected chi connectivity index (χ3v) is 2.06. The number of carbonyl (C=O) groups excluding carboxylic acids is 2. The molecule has 0 aromatic rings. The van der Waals surface area contributed by atoms with E-state index >= 15 is 0 Å². The summed E-state index contributed by atoms with van der Waals surface area (Å²) in [5, 5.41) is 0. The number of hydrogen-bond acceptors (Lipinski definition) is 4. The van der Waals surface area contributed by atoms with Crippen LogP contribution in [0.4, 0.5) is 0 Å². The standard InChI is InChI=1S/C7H11NO2.C5H10O2/c1-5-4-6(9)8(2)7(5)10-3;1-5(2,3)7-4-6/h4,7H,1-3H3;4H,1-3H3. The largest absolute Gasteiger partial charge is 0.462 e. The zero-order chi connectivity index (χ0) is 13.6. The second kappa shape index (κ2) is 6.39. The van der Waals surface area contributed by atoms with Gasteiger partial charge in [-0.1, -0.05) is 0 Å². The first-order chi connectivity index (χ1) is 7.72. The van der Waals surface area contributed by atoms with Gasteiger partial charge in [-0.3, -0.25) is 9.59 Å². The van der Waals surface area contributed by atoms with Crippen LogP contribution in [0.1, 0.15) is 27.7 Å². The van der Waals surface area contributed by atoms with Crippen LogP contribution in [0.5, 0.6) is 0 Å². The predicted octanol–water partition coefficient (Wildman–Crippen LogP) is 1.34. The van der Waals surface area contributed by atoms with Crippen LogP contribution in [0.15, 0.2) is 11.6 Å². The lowest BCUT2D eigenvalue weighted by atomic mass is 10.2. The highest BCUT2D eigenvalue weighted by atomic mass is 16.5. The van der Waals surface area contributed by atoms with Crippen LogP contribution < -0.4 is 0 Å². The number of rotatable bonds is 2. The Morgan fingerprint density at radius 3 is 2.06 bits per heavy atom. The minimum absolute atomic E-state index is 0.0179. The Kier molecular flexibility index (Phi) is 5.88. The molecule has 5 heteroatoms. The monoisotopic (exact) mass is 243 g/mol. The molecule has 0 fully saturated rings. The lowest BCUT2D eigenvalue weighted by Gasteiger charge is -2.19. The topological polar surface area (TPSA) is 55.8 Å². The van der Waals surface area contributed by atoms with Crippen molar-refractivity contribution in [3.63, 3.8) is 0 Å². The normalized spacial score (nSPS) is 19.4. The molecule has 98 valence electrons. The molecule has 0 radical (unpaired) electrons. The van der Waals surface area contributed by atoms with Crippen LogP contribution in [-0.2, 0) is 19.1 Å². The van der Waals surface area contributed by atoms with Crippen molar-refractivity contribution in [2.75, 3.05) is 14.2 Å². The van der Waals surface area contributed by atoms with Gasteiger partial charge in [-0.25, -0.2) is 0 Å². The average molecular weight is 243 g/mol. The zero-order valence-electron chi connectivity index (χ0n) is 11.3. The summed E-state index contributed by atoms with van der Waals surface area (Å²) in [6, 6.07) is 0. The Hall–Kier alpha value is -1.36. The maximum atomic E-state index is 10.9. The Morgan fingerprint density at radius 2 is 1.94 bits per heavy atom. The number of hydrogen-bond donors (Lipinski definition) is 0. The summed E-state index contributed by atoms with van der Waals surface area (Å²) in [6.45, 7) is 7.81. The fraction of sp³-hybridized carbons (Fsp3) is 0.667. The van der Waals surface area contributed by atoms with Crippen LogP contribution >= 0.6 is 0 Å². The second-order valence-electron chi connectivity index (χ2n) is 4.75. The van der Waals surface area contributed by atoms with Gasteiger partial charge in [-0.05, 0) is 33.3 Å². The molecule has 0 N–H and O–H groups in total. The number of ether oxygens (including phenoxy) is 2. The van der Waals surface area contributed by atoms with Crippen LogP contribution in [0.3, 0.4) is 0 Å².